The van der Waals surface area contributed by atoms with Gasteiger partial charge in [0.05, 0.1) is 19.9 Å². The van der Waals surface area contributed by atoms with Crippen molar-refractivity contribution in [1.82, 2.24) is 4.98 Å². The third kappa shape index (κ3) is 3.89. The molecule has 1 aromatic heterocycles. The molecule has 1 aromatic carbocycles. The van der Waals surface area contributed by atoms with Crippen LogP contribution in [-0.2, 0) is 9.53 Å². The van der Waals surface area contributed by atoms with E-state index in [2.05, 4.69) is 15.0 Å². The van der Waals surface area contributed by atoms with Crippen molar-refractivity contribution in [2.45, 2.75) is 12.8 Å². The Morgan fingerprint density at radius 3 is 2.59 bits per heavy atom. The van der Waals surface area contributed by atoms with Gasteiger partial charge < -0.3 is 19.7 Å². The number of methoxy groups -OCH3 is 2. The Bertz CT molecular complexity index is 897. The molecule has 0 atom stereocenters. The monoisotopic (exact) mass is 369 g/mol. The van der Waals surface area contributed by atoms with E-state index >= 15 is 0 Å². The van der Waals surface area contributed by atoms with E-state index in [9.17, 15) is 14.4 Å². The van der Waals surface area contributed by atoms with Gasteiger partial charge in [-0.3, -0.25) is 9.59 Å². The third-order valence-electron chi connectivity index (χ3n) is 4.18. The summed E-state index contributed by atoms with van der Waals surface area (Å²) >= 11 is 0. The molecule has 0 saturated carbocycles. The van der Waals surface area contributed by atoms with Gasteiger partial charge in [-0.25, -0.2) is 9.78 Å². The van der Waals surface area contributed by atoms with Crippen molar-refractivity contribution in [3.8, 4) is 5.75 Å². The summed E-state index contributed by atoms with van der Waals surface area (Å²) in [4.78, 5) is 41.6. The number of carbonyl (C=O) groups excluding carboxylic acids is 3. The maximum Gasteiger partial charge on any atom is 0.356 e. The summed E-state index contributed by atoms with van der Waals surface area (Å²) in [6, 6.07) is 9.57. The number of esters is 1. The fourth-order valence-corrected chi connectivity index (χ4v) is 2.86. The van der Waals surface area contributed by atoms with Crippen LogP contribution in [0.25, 0.3) is 0 Å². The molecule has 1 aliphatic heterocycles. The molecule has 8 nitrogen and oxygen atoms in total. The average molecular weight is 369 g/mol. The molecule has 140 valence electrons. The topological polar surface area (TPSA) is 97.8 Å². The average Bonchev–Trinajstić information content (AvgIpc) is 3.13. The van der Waals surface area contributed by atoms with Crippen molar-refractivity contribution in [3.63, 3.8) is 0 Å². The number of nitrogens with one attached hydrogen (secondary N) is 1. The van der Waals surface area contributed by atoms with Gasteiger partial charge in [0, 0.05) is 24.7 Å². The lowest BCUT2D eigenvalue weighted by Crippen LogP contribution is -2.24. The maximum absolute atomic E-state index is 12.4. The summed E-state index contributed by atoms with van der Waals surface area (Å²) in [5.74, 6) is -0.563. The van der Waals surface area contributed by atoms with Gasteiger partial charge in [-0.05, 0) is 30.7 Å². The molecule has 1 N–H and O–H groups in total. The molecule has 1 fully saturated rings. The van der Waals surface area contributed by atoms with Crippen LogP contribution in [0.3, 0.4) is 0 Å². The van der Waals surface area contributed by atoms with E-state index in [0.717, 1.165) is 6.42 Å². The Labute approximate surface area is 156 Å². The van der Waals surface area contributed by atoms with Gasteiger partial charge in [0.1, 0.15) is 17.1 Å². The molecular formula is C19H19N3O5. The number of ether oxygens (including phenoxy) is 2. The fraction of sp³-hybridized carbons (Fsp3) is 0.263. The Hall–Kier alpha value is -3.42. The number of hydrogen-bond acceptors (Lipinski definition) is 6. The molecule has 0 spiro atoms. The van der Waals surface area contributed by atoms with E-state index in [1.165, 1.54) is 26.4 Å². The summed E-state index contributed by atoms with van der Waals surface area (Å²) in [6.45, 7) is 0.644. The van der Waals surface area contributed by atoms with Crippen LogP contribution in [0.15, 0.2) is 36.4 Å². The number of benzene rings is 1. The molecular weight excluding hydrogens is 350 g/mol. The van der Waals surface area contributed by atoms with Gasteiger partial charge in [-0.15, -0.1) is 0 Å². The third-order valence-corrected chi connectivity index (χ3v) is 4.18. The van der Waals surface area contributed by atoms with Gasteiger partial charge in [0.15, 0.2) is 0 Å². The Kier molecular flexibility index (Phi) is 5.35. The number of nitrogens with zero attached hydrogens (tertiary/aromatic N) is 2. The molecule has 2 amide bonds. The standard InChI is InChI=1S/C19H19N3O5/c1-26-16-11-12(8-9-15(16)22-10-4-7-17(22)23)20-18(24)13-5-3-6-14(21-13)19(25)27-2/h3,5-6,8-9,11H,4,7,10H2,1-2H3,(H,20,24). The first kappa shape index (κ1) is 18.4. The normalized spacial score (nSPS) is 13.4. The first-order valence-corrected chi connectivity index (χ1v) is 8.38. The van der Waals surface area contributed by atoms with Crippen LogP contribution in [0.4, 0.5) is 11.4 Å². The van der Waals surface area contributed by atoms with Crippen LogP contribution in [-0.4, -0.2) is 43.5 Å². The van der Waals surface area contributed by atoms with E-state index in [1.807, 2.05) is 0 Å². The highest BCUT2D eigenvalue weighted by Crippen LogP contribution is 2.33. The lowest BCUT2D eigenvalue weighted by Gasteiger charge is -2.19. The van der Waals surface area contributed by atoms with E-state index in [4.69, 9.17) is 4.74 Å². The summed E-state index contributed by atoms with van der Waals surface area (Å²) in [7, 11) is 2.75. The van der Waals surface area contributed by atoms with Crippen LogP contribution in [0, 0.1) is 0 Å². The minimum atomic E-state index is -0.619. The van der Waals surface area contributed by atoms with Crippen molar-refractivity contribution in [2.75, 3.05) is 31.0 Å². The van der Waals surface area contributed by atoms with Crippen molar-refractivity contribution in [2.24, 2.45) is 0 Å². The molecule has 8 heteroatoms. The number of carbonyl (C=O) groups is 3. The molecule has 2 heterocycles. The predicted octanol–water partition coefficient (Wildman–Crippen LogP) is 2.26. The smallest absolute Gasteiger partial charge is 0.356 e. The van der Waals surface area contributed by atoms with Gasteiger partial charge in [0.2, 0.25) is 5.91 Å². The summed E-state index contributed by atoms with van der Waals surface area (Å²) in [5, 5.41) is 2.71. The van der Waals surface area contributed by atoms with Crippen molar-refractivity contribution in [3.05, 3.63) is 47.8 Å². The lowest BCUT2D eigenvalue weighted by atomic mass is 10.2. The number of rotatable bonds is 5. The van der Waals surface area contributed by atoms with Gasteiger partial charge in [-0.1, -0.05) is 6.07 Å². The van der Waals surface area contributed by atoms with Crippen molar-refractivity contribution >= 4 is 29.2 Å². The van der Waals surface area contributed by atoms with E-state index in [1.54, 1.807) is 29.2 Å². The zero-order valence-corrected chi connectivity index (χ0v) is 15.0. The molecule has 3 rings (SSSR count). The summed E-state index contributed by atoms with van der Waals surface area (Å²) < 4.78 is 9.99. The SMILES string of the molecule is COC(=O)c1cccc(C(=O)Nc2ccc(N3CCCC3=O)c(OC)c2)n1. The fourth-order valence-electron chi connectivity index (χ4n) is 2.86. The number of hydrogen-bond donors (Lipinski definition) is 1. The minimum absolute atomic E-state index is 0.0469. The van der Waals surface area contributed by atoms with Gasteiger partial charge in [-0.2, -0.15) is 0 Å². The number of anilines is 2. The highest BCUT2D eigenvalue weighted by Gasteiger charge is 2.24. The zero-order chi connectivity index (χ0) is 19.4. The molecule has 0 aliphatic carbocycles. The molecule has 2 aromatic rings. The highest BCUT2D eigenvalue weighted by molar-refractivity contribution is 6.04. The number of amides is 2. The van der Waals surface area contributed by atoms with E-state index in [-0.39, 0.29) is 17.3 Å². The van der Waals surface area contributed by atoms with Gasteiger partial charge in [0.25, 0.3) is 5.91 Å². The van der Waals surface area contributed by atoms with E-state index < -0.39 is 11.9 Å². The second-order valence-electron chi connectivity index (χ2n) is 5.89. The first-order valence-electron chi connectivity index (χ1n) is 8.38. The highest BCUT2D eigenvalue weighted by atomic mass is 16.5. The maximum atomic E-state index is 12.4. The molecule has 0 bridgehead atoms. The Balaban J connectivity index is 1.80. The molecule has 27 heavy (non-hydrogen) atoms. The largest absolute Gasteiger partial charge is 0.494 e. The molecule has 1 saturated heterocycles. The predicted molar refractivity (Wildman–Crippen MR) is 98.1 cm³/mol. The quantitative estimate of drug-likeness (QED) is 0.812. The second kappa shape index (κ2) is 7.86. The van der Waals surface area contributed by atoms with Crippen molar-refractivity contribution in [1.29, 1.82) is 0 Å². The zero-order valence-electron chi connectivity index (χ0n) is 15.0. The summed E-state index contributed by atoms with van der Waals surface area (Å²) in [6.07, 6.45) is 1.33. The Morgan fingerprint density at radius 1 is 1.15 bits per heavy atom. The van der Waals surface area contributed by atoms with Crippen LogP contribution >= 0.6 is 0 Å². The van der Waals surface area contributed by atoms with Crippen LogP contribution < -0.4 is 15.0 Å². The number of aromatic nitrogens is 1. The molecule has 0 unspecified atom stereocenters. The van der Waals surface area contributed by atoms with Gasteiger partial charge >= 0.3 is 5.97 Å². The number of pyridine rings is 1. The van der Waals surface area contributed by atoms with Crippen LogP contribution in [0.2, 0.25) is 0 Å². The first-order chi connectivity index (χ1) is 13.0. The minimum Gasteiger partial charge on any atom is -0.494 e. The van der Waals surface area contributed by atoms with E-state index in [0.29, 0.717) is 30.1 Å². The lowest BCUT2D eigenvalue weighted by molar-refractivity contribution is -0.117. The van der Waals surface area contributed by atoms with Crippen LogP contribution in [0.5, 0.6) is 5.75 Å². The second-order valence-corrected chi connectivity index (χ2v) is 5.89. The molecule has 0 radical (unpaired) electrons. The van der Waals surface area contributed by atoms with Crippen molar-refractivity contribution < 1.29 is 23.9 Å². The van der Waals surface area contributed by atoms with Crippen LogP contribution in [0.1, 0.15) is 33.8 Å². The summed E-state index contributed by atoms with van der Waals surface area (Å²) in [5.41, 5.74) is 1.28. The molecule has 1 aliphatic rings. The Morgan fingerprint density at radius 2 is 1.93 bits per heavy atom.